The van der Waals surface area contributed by atoms with Crippen LogP contribution in [0.2, 0.25) is 0 Å². The number of ether oxygens (including phenoxy) is 3. The van der Waals surface area contributed by atoms with Gasteiger partial charge in [-0.3, -0.25) is 9.78 Å². The summed E-state index contributed by atoms with van der Waals surface area (Å²) in [5.41, 5.74) is 1.03. The first-order valence-corrected chi connectivity index (χ1v) is 25.8. The third-order valence-corrected chi connectivity index (χ3v) is 12.1. The van der Waals surface area contributed by atoms with E-state index in [-0.39, 0.29) is 25.3 Å². The van der Waals surface area contributed by atoms with Crippen LogP contribution in [0.25, 0.3) is 0 Å². The first-order valence-electron chi connectivity index (χ1n) is 25.8. The van der Waals surface area contributed by atoms with Crippen molar-refractivity contribution in [1.82, 2.24) is 9.88 Å². The quantitative estimate of drug-likeness (QED) is 0.0494. The van der Waals surface area contributed by atoms with E-state index in [9.17, 15) is 15.0 Å². The molecule has 8 heteroatoms. The van der Waals surface area contributed by atoms with Crippen molar-refractivity contribution in [3.05, 3.63) is 30.1 Å². The number of aliphatic hydroxyl groups is 2. The zero-order valence-electron chi connectivity index (χ0n) is 39.7. The topological polar surface area (TPSA) is 101 Å². The highest BCUT2D eigenvalue weighted by atomic mass is 16.5. The number of aliphatic hydroxyl groups excluding tert-OH is 2. The van der Waals surface area contributed by atoms with E-state index in [2.05, 4.69) is 30.7 Å². The summed E-state index contributed by atoms with van der Waals surface area (Å²) in [6, 6.07) is 3.95. The second-order valence-electron chi connectivity index (χ2n) is 17.8. The standard InChI is InChI=1S/C52H98N2O6/c1-4-7-10-13-16-17-19-25-33-44-59-52(57)36-29-26-31-42-54(45-51(60-47-49(56)46-55)48-37-39-53-40-38-48)41-30-23-18-20-24-32-43-58-50(34-27-21-14-11-8-5-2)35-28-22-15-12-9-6-3/h37-40,49-51,55-56H,4-36,41-47H2,1-3H3. The Morgan fingerprint density at radius 3 is 1.55 bits per heavy atom. The van der Waals surface area contributed by atoms with Crippen molar-refractivity contribution in [2.75, 3.05) is 46.1 Å². The lowest BCUT2D eigenvalue weighted by molar-refractivity contribution is -0.143. The van der Waals surface area contributed by atoms with Crippen molar-refractivity contribution < 1.29 is 29.2 Å². The summed E-state index contributed by atoms with van der Waals surface area (Å²) in [6.07, 6.45) is 43.4. The molecule has 0 fully saturated rings. The van der Waals surface area contributed by atoms with Crippen LogP contribution in [0.3, 0.4) is 0 Å². The molecule has 0 aliphatic rings. The Labute approximate surface area is 371 Å². The van der Waals surface area contributed by atoms with Gasteiger partial charge in [0.15, 0.2) is 0 Å². The second kappa shape index (κ2) is 44.0. The molecule has 1 heterocycles. The van der Waals surface area contributed by atoms with Gasteiger partial charge in [0.2, 0.25) is 0 Å². The number of carbonyl (C=O) groups is 1. The summed E-state index contributed by atoms with van der Waals surface area (Å²) in [4.78, 5) is 19.1. The molecule has 352 valence electrons. The van der Waals surface area contributed by atoms with Gasteiger partial charge in [-0.2, -0.15) is 0 Å². The van der Waals surface area contributed by atoms with Crippen LogP contribution in [0.15, 0.2) is 24.5 Å². The first-order chi connectivity index (χ1) is 29.5. The highest BCUT2D eigenvalue weighted by Gasteiger charge is 2.19. The predicted molar refractivity (Wildman–Crippen MR) is 253 cm³/mol. The third kappa shape index (κ3) is 36.0. The Bertz CT molecular complexity index is 999. The largest absolute Gasteiger partial charge is 0.466 e. The molecule has 1 rings (SSSR count). The van der Waals surface area contributed by atoms with E-state index < -0.39 is 6.10 Å². The van der Waals surface area contributed by atoms with Crippen LogP contribution in [-0.2, 0) is 19.0 Å². The van der Waals surface area contributed by atoms with Gasteiger partial charge in [0.05, 0.1) is 32.0 Å². The van der Waals surface area contributed by atoms with Crippen molar-refractivity contribution in [2.45, 2.75) is 251 Å². The average molecular weight is 847 g/mol. The Kier molecular flexibility index (Phi) is 41.4. The van der Waals surface area contributed by atoms with Crippen LogP contribution in [0.5, 0.6) is 0 Å². The van der Waals surface area contributed by atoms with Crippen molar-refractivity contribution in [3.63, 3.8) is 0 Å². The lowest BCUT2D eigenvalue weighted by atomic mass is 10.0. The summed E-state index contributed by atoms with van der Waals surface area (Å²) in [7, 11) is 0. The monoisotopic (exact) mass is 847 g/mol. The molecule has 2 unspecified atom stereocenters. The number of carbonyl (C=O) groups excluding carboxylic acids is 1. The Hall–Kier alpha value is -1.58. The van der Waals surface area contributed by atoms with Crippen LogP contribution in [0.1, 0.15) is 244 Å². The normalized spacial score (nSPS) is 12.8. The van der Waals surface area contributed by atoms with Crippen LogP contribution < -0.4 is 0 Å². The van der Waals surface area contributed by atoms with Crippen molar-refractivity contribution in [3.8, 4) is 0 Å². The molecule has 0 radical (unpaired) electrons. The minimum atomic E-state index is -0.903. The van der Waals surface area contributed by atoms with Gasteiger partial charge in [0.25, 0.3) is 0 Å². The zero-order chi connectivity index (χ0) is 43.4. The fraction of sp³-hybridized carbons (Fsp3) is 0.885. The van der Waals surface area contributed by atoms with Gasteiger partial charge in [-0.25, -0.2) is 0 Å². The van der Waals surface area contributed by atoms with Crippen LogP contribution in [0.4, 0.5) is 0 Å². The minimum absolute atomic E-state index is 0.0623. The van der Waals surface area contributed by atoms with Gasteiger partial charge in [-0.1, -0.05) is 181 Å². The number of unbranched alkanes of at least 4 members (excludes halogenated alkanes) is 25. The number of nitrogens with zero attached hydrogens (tertiary/aromatic N) is 2. The highest BCUT2D eigenvalue weighted by Crippen LogP contribution is 2.21. The van der Waals surface area contributed by atoms with E-state index in [1.165, 1.54) is 161 Å². The molecular weight excluding hydrogens is 749 g/mol. The smallest absolute Gasteiger partial charge is 0.305 e. The molecule has 0 aliphatic heterocycles. The van der Waals surface area contributed by atoms with Crippen molar-refractivity contribution >= 4 is 5.97 Å². The summed E-state index contributed by atoms with van der Waals surface area (Å²) in [5, 5.41) is 19.5. The lowest BCUT2D eigenvalue weighted by Crippen LogP contribution is -2.33. The highest BCUT2D eigenvalue weighted by molar-refractivity contribution is 5.69. The average Bonchev–Trinajstić information content (AvgIpc) is 3.26. The van der Waals surface area contributed by atoms with Gasteiger partial charge in [0, 0.05) is 32.0 Å². The van der Waals surface area contributed by atoms with E-state index in [0.717, 1.165) is 70.2 Å². The van der Waals surface area contributed by atoms with Crippen molar-refractivity contribution in [1.29, 1.82) is 0 Å². The number of hydrogen-bond donors (Lipinski definition) is 2. The molecule has 0 bridgehead atoms. The van der Waals surface area contributed by atoms with E-state index in [4.69, 9.17) is 14.2 Å². The molecule has 0 aromatic carbocycles. The minimum Gasteiger partial charge on any atom is -0.466 e. The van der Waals surface area contributed by atoms with Crippen LogP contribution >= 0.6 is 0 Å². The summed E-state index contributed by atoms with van der Waals surface area (Å²) < 4.78 is 18.2. The molecule has 1 aromatic heterocycles. The second-order valence-corrected chi connectivity index (χ2v) is 17.8. The number of rotatable bonds is 47. The van der Waals surface area contributed by atoms with Gasteiger partial charge < -0.3 is 29.3 Å². The first kappa shape index (κ1) is 56.4. The fourth-order valence-corrected chi connectivity index (χ4v) is 8.10. The van der Waals surface area contributed by atoms with E-state index in [1.807, 2.05) is 12.1 Å². The Morgan fingerprint density at radius 1 is 0.583 bits per heavy atom. The SMILES string of the molecule is CCCCCCCCCCCOC(=O)CCCCCN(CCCCCCCCOC(CCCCCCCC)CCCCCCCC)CC(OCC(O)CO)c1ccncc1. The summed E-state index contributed by atoms with van der Waals surface area (Å²) in [5.74, 6) is -0.0623. The molecule has 1 aromatic rings. The number of hydrogen-bond acceptors (Lipinski definition) is 8. The summed E-state index contributed by atoms with van der Waals surface area (Å²) in [6.45, 7) is 10.7. The zero-order valence-corrected chi connectivity index (χ0v) is 39.7. The number of pyridine rings is 1. The van der Waals surface area contributed by atoms with Gasteiger partial charge in [-0.05, 0) is 75.7 Å². The van der Waals surface area contributed by atoms with E-state index >= 15 is 0 Å². The fourth-order valence-electron chi connectivity index (χ4n) is 8.10. The van der Waals surface area contributed by atoms with Crippen molar-refractivity contribution in [2.24, 2.45) is 0 Å². The van der Waals surface area contributed by atoms with Gasteiger partial charge in [-0.15, -0.1) is 0 Å². The van der Waals surface area contributed by atoms with Crippen LogP contribution in [-0.4, -0.2) is 84.3 Å². The molecule has 8 nitrogen and oxygen atoms in total. The number of esters is 1. The molecular formula is C52H98N2O6. The lowest BCUT2D eigenvalue weighted by Gasteiger charge is -2.28. The maximum atomic E-state index is 12.4. The van der Waals surface area contributed by atoms with Crippen LogP contribution in [0, 0.1) is 0 Å². The molecule has 60 heavy (non-hydrogen) atoms. The molecule has 2 atom stereocenters. The molecule has 0 saturated heterocycles. The Balaban J connectivity index is 2.47. The third-order valence-electron chi connectivity index (χ3n) is 12.1. The summed E-state index contributed by atoms with van der Waals surface area (Å²) >= 11 is 0. The Morgan fingerprint density at radius 2 is 1.03 bits per heavy atom. The molecule has 0 amide bonds. The number of aromatic nitrogens is 1. The molecule has 0 aliphatic carbocycles. The van der Waals surface area contributed by atoms with E-state index in [0.29, 0.717) is 25.7 Å². The maximum Gasteiger partial charge on any atom is 0.305 e. The molecule has 2 N–H and O–H groups in total. The van der Waals surface area contributed by atoms with Gasteiger partial charge in [0.1, 0.15) is 6.10 Å². The molecule has 0 saturated carbocycles. The van der Waals surface area contributed by atoms with Gasteiger partial charge >= 0.3 is 5.97 Å². The molecule has 0 spiro atoms. The maximum absolute atomic E-state index is 12.4. The predicted octanol–water partition coefficient (Wildman–Crippen LogP) is 13.7. The van der Waals surface area contributed by atoms with E-state index in [1.54, 1.807) is 12.4 Å².